The summed E-state index contributed by atoms with van der Waals surface area (Å²) in [6.07, 6.45) is 6.80. The number of aromatic nitrogens is 3. The van der Waals surface area contributed by atoms with Gasteiger partial charge in [-0.05, 0) is 31.9 Å². The summed E-state index contributed by atoms with van der Waals surface area (Å²) < 4.78 is 7.95. The Balaban J connectivity index is 1.56. The number of hydrogen-bond acceptors (Lipinski definition) is 4. The Kier molecular flexibility index (Phi) is 4.03. The molecule has 1 aliphatic heterocycles. The average molecular weight is 338 g/mol. The summed E-state index contributed by atoms with van der Waals surface area (Å²) in [7, 11) is 0. The molecule has 3 aromatic rings. The lowest BCUT2D eigenvalue weighted by Crippen LogP contribution is -2.40. The second-order valence-electron chi connectivity index (χ2n) is 6.60. The summed E-state index contributed by atoms with van der Waals surface area (Å²) >= 11 is 0. The molecule has 1 aliphatic rings. The van der Waals surface area contributed by atoms with Crippen molar-refractivity contribution in [3.8, 4) is 0 Å². The number of furan rings is 1. The third kappa shape index (κ3) is 2.92. The molecule has 0 aliphatic carbocycles. The molecule has 0 radical (unpaired) electrons. The largest absolute Gasteiger partial charge is 0.449 e. The number of hydrogen-bond donors (Lipinski definition) is 0. The van der Waals surface area contributed by atoms with Crippen LogP contribution in [0.1, 0.15) is 47.9 Å². The molecule has 1 atom stereocenters. The molecule has 1 amide bonds. The first-order valence-electron chi connectivity index (χ1n) is 8.84. The summed E-state index contributed by atoms with van der Waals surface area (Å²) in [4.78, 5) is 23.6. The second kappa shape index (κ2) is 6.35. The second-order valence-corrected chi connectivity index (χ2v) is 6.60. The number of fused-ring (bicyclic) bond motifs is 1. The third-order valence-electron chi connectivity index (χ3n) is 4.87. The van der Waals surface area contributed by atoms with E-state index in [0.29, 0.717) is 17.9 Å². The van der Waals surface area contributed by atoms with E-state index in [4.69, 9.17) is 4.42 Å². The number of rotatable bonds is 3. The van der Waals surface area contributed by atoms with E-state index in [1.165, 1.54) is 0 Å². The topological polar surface area (TPSA) is 64.2 Å². The molecule has 25 heavy (non-hydrogen) atoms. The number of piperidine rings is 1. The zero-order valence-corrected chi connectivity index (χ0v) is 14.6. The Hall–Kier alpha value is -2.63. The van der Waals surface area contributed by atoms with Gasteiger partial charge in [-0.1, -0.05) is 6.92 Å². The summed E-state index contributed by atoms with van der Waals surface area (Å²) in [5.74, 6) is 1.39. The fourth-order valence-corrected chi connectivity index (χ4v) is 3.60. The summed E-state index contributed by atoms with van der Waals surface area (Å²) in [6.45, 7) is 5.48. The van der Waals surface area contributed by atoms with Gasteiger partial charge in [0, 0.05) is 43.7 Å². The zero-order chi connectivity index (χ0) is 17.4. The van der Waals surface area contributed by atoms with Crippen LogP contribution < -0.4 is 0 Å². The lowest BCUT2D eigenvalue weighted by molar-refractivity contribution is 0.0648. The lowest BCUT2D eigenvalue weighted by Gasteiger charge is -2.33. The van der Waals surface area contributed by atoms with Crippen LogP contribution in [0.15, 0.2) is 35.0 Å². The molecule has 0 spiro atoms. The Morgan fingerprint density at radius 3 is 3.12 bits per heavy atom. The van der Waals surface area contributed by atoms with Crippen LogP contribution in [0.25, 0.3) is 11.1 Å². The molecule has 0 saturated carbocycles. The summed E-state index contributed by atoms with van der Waals surface area (Å²) in [5, 5.41) is 0. The predicted molar refractivity (Wildman–Crippen MR) is 94.5 cm³/mol. The number of imidazole rings is 1. The van der Waals surface area contributed by atoms with Crippen molar-refractivity contribution < 1.29 is 9.21 Å². The molecule has 1 saturated heterocycles. The van der Waals surface area contributed by atoms with Gasteiger partial charge in [-0.25, -0.2) is 9.97 Å². The van der Waals surface area contributed by atoms with Crippen molar-refractivity contribution in [2.24, 2.45) is 0 Å². The van der Waals surface area contributed by atoms with Crippen LogP contribution in [-0.2, 0) is 6.42 Å². The van der Waals surface area contributed by atoms with Gasteiger partial charge < -0.3 is 13.9 Å². The van der Waals surface area contributed by atoms with Crippen molar-refractivity contribution in [3.63, 3.8) is 0 Å². The standard InChI is InChI=1S/C19H22N4O2/c1-3-18-20-8-10-23(18)14-5-4-9-22(12-14)19(24)17-11-15-16(25-17)7-6-13(2)21-15/h6-8,10-11,14H,3-5,9,12H2,1-2H3/t14-/m0/s1. The van der Waals surface area contributed by atoms with E-state index in [-0.39, 0.29) is 11.9 Å². The highest BCUT2D eigenvalue weighted by Crippen LogP contribution is 2.26. The monoisotopic (exact) mass is 338 g/mol. The van der Waals surface area contributed by atoms with Crippen molar-refractivity contribution in [1.29, 1.82) is 0 Å². The van der Waals surface area contributed by atoms with Gasteiger partial charge in [0.05, 0.1) is 6.04 Å². The van der Waals surface area contributed by atoms with Crippen LogP contribution in [0.4, 0.5) is 0 Å². The van der Waals surface area contributed by atoms with Gasteiger partial charge in [0.25, 0.3) is 5.91 Å². The van der Waals surface area contributed by atoms with Gasteiger partial charge in [-0.15, -0.1) is 0 Å². The van der Waals surface area contributed by atoms with Gasteiger partial charge in [0.2, 0.25) is 0 Å². The Morgan fingerprint density at radius 1 is 1.40 bits per heavy atom. The highest BCUT2D eigenvalue weighted by Gasteiger charge is 2.28. The molecule has 130 valence electrons. The van der Waals surface area contributed by atoms with Crippen molar-refractivity contribution >= 4 is 17.0 Å². The van der Waals surface area contributed by atoms with Crippen LogP contribution >= 0.6 is 0 Å². The van der Waals surface area contributed by atoms with E-state index < -0.39 is 0 Å². The Morgan fingerprint density at radius 2 is 2.28 bits per heavy atom. The number of nitrogens with zero attached hydrogens (tertiary/aromatic N) is 4. The molecule has 0 aromatic carbocycles. The van der Waals surface area contributed by atoms with Crippen molar-refractivity contribution in [3.05, 3.63) is 47.9 Å². The van der Waals surface area contributed by atoms with Crippen molar-refractivity contribution in [1.82, 2.24) is 19.4 Å². The maximum Gasteiger partial charge on any atom is 0.289 e. The molecule has 6 heteroatoms. The van der Waals surface area contributed by atoms with Crippen LogP contribution in [0.3, 0.4) is 0 Å². The van der Waals surface area contributed by atoms with E-state index in [1.54, 1.807) is 6.07 Å². The molecule has 4 heterocycles. The van der Waals surface area contributed by atoms with Gasteiger partial charge >= 0.3 is 0 Å². The zero-order valence-electron chi connectivity index (χ0n) is 14.6. The first kappa shape index (κ1) is 15.9. The normalized spacial score (nSPS) is 18.0. The summed E-state index contributed by atoms with van der Waals surface area (Å²) in [5.41, 5.74) is 2.31. The third-order valence-corrected chi connectivity index (χ3v) is 4.87. The first-order valence-corrected chi connectivity index (χ1v) is 8.84. The number of amides is 1. The fourth-order valence-electron chi connectivity index (χ4n) is 3.60. The number of carbonyl (C=O) groups is 1. The maximum absolute atomic E-state index is 12.9. The maximum atomic E-state index is 12.9. The predicted octanol–water partition coefficient (Wildman–Crippen LogP) is 3.37. The number of aryl methyl sites for hydroxylation is 2. The average Bonchev–Trinajstić information content (AvgIpc) is 3.27. The quantitative estimate of drug-likeness (QED) is 0.734. The Labute approximate surface area is 146 Å². The Bertz CT molecular complexity index is 911. The van der Waals surface area contributed by atoms with Crippen LogP contribution in [-0.4, -0.2) is 38.4 Å². The van der Waals surface area contributed by atoms with E-state index in [9.17, 15) is 4.79 Å². The van der Waals surface area contributed by atoms with Crippen molar-refractivity contribution in [2.75, 3.05) is 13.1 Å². The molecule has 3 aromatic heterocycles. The number of carbonyl (C=O) groups excluding carboxylic acids is 1. The van der Waals surface area contributed by atoms with Crippen molar-refractivity contribution in [2.45, 2.75) is 39.2 Å². The van der Waals surface area contributed by atoms with E-state index >= 15 is 0 Å². The minimum atomic E-state index is -0.0569. The fraction of sp³-hybridized carbons (Fsp3) is 0.421. The van der Waals surface area contributed by atoms with E-state index in [2.05, 4.69) is 21.5 Å². The molecule has 4 rings (SSSR count). The highest BCUT2D eigenvalue weighted by molar-refractivity contribution is 5.95. The molecule has 0 bridgehead atoms. The minimum absolute atomic E-state index is 0.0569. The van der Waals surface area contributed by atoms with E-state index in [1.807, 2.05) is 36.4 Å². The molecular formula is C19H22N4O2. The van der Waals surface area contributed by atoms with E-state index in [0.717, 1.165) is 42.8 Å². The number of pyridine rings is 1. The minimum Gasteiger partial charge on any atom is -0.449 e. The molecule has 6 nitrogen and oxygen atoms in total. The molecule has 1 fully saturated rings. The first-order chi connectivity index (χ1) is 12.2. The SMILES string of the molecule is CCc1nccn1[C@H]1CCCN(C(=O)c2cc3nc(C)ccc3o2)C1. The smallest absolute Gasteiger partial charge is 0.289 e. The molecule has 0 N–H and O–H groups in total. The molecule has 0 unspecified atom stereocenters. The van der Waals surface area contributed by atoms with Gasteiger partial charge in [0.15, 0.2) is 11.3 Å². The highest BCUT2D eigenvalue weighted by atomic mass is 16.3. The van der Waals surface area contributed by atoms with Crippen LogP contribution in [0.2, 0.25) is 0 Å². The number of likely N-dealkylation sites (tertiary alicyclic amines) is 1. The lowest BCUT2D eigenvalue weighted by atomic mass is 10.0. The molecular weight excluding hydrogens is 316 g/mol. The van der Waals surface area contributed by atoms with Gasteiger partial charge in [-0.2, -0.15) is 0 Å². The van der Waals surface area contributed by atoms with Crippen LogP contribution in [0, 0.1) is 6.92 Å². The van der Waals surface area contributed by atoms with Crippen LogP contribution in [0.5, 0.6) is 0 Å². The summed E-state index contributed by atoms with van der Waals surface area (Å²) in [6, 6.07) is 5.79. The van der Waals surface area contributed by atoms with Gasteiger partial charge in [0.1, 0.15) is 11.3 Å². The van der Waals surface area contributed by atoms with Gasteiger partial charge in [-0.3, -0.25) is 4.79 Å².